The van der Waals surface area contributed by atoms with E-state index < -0.39 is 0 Å². The van der Waals surface area contributed by atoms with Crippen LogP contribution in [0.5, 0.6) is 5.75 Å². The van der Waals surface area contributed by atoms with E-state index >= 15 is 0 Å². The van der Waals surface area contributed by atoms with Crippen LogP contribution in [-0.2, 0) is 6.61 Å². The number of benzene rings is 2. The van der Waals surface area contributed by atoms with Crippen molar-refractivity contribution in [3.8, 4) is 17.2 Å². The highest BCUT2D eigenvalue weighted by Crippen LogP contribution is 2.25. The van der Waals surface area contributed by atoms with Crippen LogP contribution >= 0.6 is 11.3 Å². The van der Waals surface area contributed by atoms with Crippen molar-refractivity contribution >= 4 is 22.9 Å². The normalized spacial score (nSPS) is 10.9. The van der Waals surface area contributed by atoms with Crippen LogP contribution in [0.1, 0.15) is 41.6 Å². The minimum absolute atomic E-state index is 0.241. The molecule has 0 fully saturated rings. The molecular formula is C23H21N3O3S. The minimum atomic E-state index is -0.241. The number of hydrogen-bond donors (Lipinski definition) is 1. The van der Waals surface area contributed by atoms with Crippen LogP contribution in [-0.4, -0.2) is 15.9 Å². The average molecular weight is 420 g/mol. The number of nitrogens with one attached hydrogen (secondary N) is 1. The Labute approximate surface area is 178 Å². The van der Waals surface area contributed by atoms with Gasteiger partial charge >= 0.3 is 0 Å². The van der Waals surface area contributed by atoms with Gasteiger partial charge < -0.3 is 14.5 Å². The second kappa shape index (κ2) is 8.92. The second-order valence-electron chi connectivity index (χ2n) is 7.02. The van der Waals surface area contributed by atoms with Gasteiger partial charge in [-0.05, 0) is 36.4 Å². The number of thiazole rings is 1. The van der Waals surface area contributed by atoms with E-state index in [0.29, 0.717) is 29.5 Å². The van der Waals surface area contributed by atoms with Crippen LogP contribution < -0.4 is 10.1 Å². The highest BCUT2D eigenvalue weighted by molar-refractivity contribution is 7.07. The van der Waals surface area contributed by atoms with Crippen molar-refractivity contribution in [2.45, 2.75) is 26.4 Å². The Hall–Kier alpha value is -3.45. The van der Waals surface area contributed by atoms with E-state index in [4.69, 9.17) is 9.15 Å². The third kappa shape index (κ3) is 4.58. The minimum Gasteiger partial charge on any atom is -0.486 e. The van der Waals surface area contributed by atoms with E-state index in [1.807, 2.05) is 41.8 Å². The Kier molecular flexibility index (Phi) is 5.90. The molecular weight excluding hydrogens is 398 g/mol. The SMILES string of the molecule is CC(C)c1cnc(-c2ccc(NC(=O)c3ccccc3OCc3cscn3)cc2)o1. The van der Waals surface area contributed by atoms with Crippen LogP contribution in [0.2, 0.25) is 0 Å². The van der Waals surface area contributed by atoms with Gasteiger partial charge in [0.05, 0.1) is 23.0 Å². The molecule has 0 aliphatic rings. The van der Waals surface area contributed by atoms with Crippen LogP contribution in [0.3, 0.4) is 0 Å². The fraction of sp³-hybridized carbons (Fsp3) is 0.174. The number of rotatable bonds is 7. The van der Waals surface area contributed by atoms with Gasteiger partial charge in [-0.3, -0.25) is 4.79 Å². The molecule has 0 aliphatic carbocycles. The molecule has 7 heteroatoms. The van der Waals surface area contributed by atoms with Gasteiger partial charge in [0.1, 0.15) is 18.1 Å². The maximum atomic E-state index is 12.8. The van der Waals surface area contributed by atoms with Crippen LogP contribution in [0.25, 0.3) is 11.5 Å². The molecule has 1 amide bonds. The lowest BCUT2D eigenvalue weighted by molar-refractivity contribution is 0.102. The molecule has 0 spiro atoms. The standard InChI is InChI=1S/C23H21N3O3S/c1-15(2)21-11-24-23(29-21)16-7-9-17(10-8-16)26-22(27)19-5-3-4-6-20(19)28-12-18-13-30-14-25-18/h3-11,13-15H,12H2,1-2H3,(H,26,27). The Morgan fingerprint density at radius 3 is 2.63 bits per heavy atom. The summed E-state index contributed by atoms with van der Waals surface area (Å²) in [6.45, 7) is 4.43. The zero-order valence-electron chi connectivity index (χ0n) is 16.7. The molecule has 6 nitrogen and oxygen atoms in total. The Balaban J connectivity index is 1.45. The first-order valence-corrected chi connectivity index (χ1v) is 10.5. The number of carbonyl (C=O) groups excluding carboxylic acids is 1. The van der Waals surface area contributed by atoms with Gasteiger partial charge in [0, 0.05) is 22.5 Å². The molecule has 1 N–H and O–H groups in total. The van der Waals surface area contributed by atoms with Gasteiger partial charge in [-0.25, -0.2) is 9.97 Å². The molecule has 0 bridgehead atoms. The van der Waals surface area contributed by atoms with Crippen molar-refractivity contribution in [1.29, 1.82) is 0 Å². The number of oxazole rings is 1. The molecule has 4 rings (SSSR count). The lowest BCUT2D eigenvalue weighted by Crippen LogP contribution is -2.13. The van der Waals surface area contributed by atoms with Crippen LogP contribution in [0, 0.1) is 0 Å². The van der Waals surface area contributed by atoms with Gasteiger partial charge in [0.2, 0.25) is 5.89 Å². The van der Waals surface area contributed by atoms with Crippen LogP contribution in [0.4, 0.5) is 5.69 Å². The molecule has 0 unspecified atom stereocenters. The lowest BCUT2D eigenvalue weighted by Gasteiger charge is -2.11. The van der Waals surface area contributed by atoms with E-state index in [9.17, 15) is 4.79 Å². The molecule has 2 aromatic carbocycles. The molecule has 0 saturated carbocycles. The van der Waals surface area contributed by atoms with E-state index in [2.05, 4.69) is 29.1 Å². The van der Waals surface area contributed by atoms with Crippen molar-refractivity contribution < 1.29 is 13.9 Å². The van der Waals surface area contributed by atoms with Crippen molar-refractivity contribution in [3.05, 3.63) is 82.6 Å². The molecule has 152 valence electrons. The number of hydrogen-bond acceptors (Lipinski definition) is 6. The van der Waals surface area contributed by atoms with E-state index in [1.54, 1.807) is 23.8 Å². The molecule has 30 heavy (non-hydrogen) atoms. The number of amides is 1. The lowest BCUT2D eigenvalue weighted by atomic mass is 10.1. The topological polar surface area (TPSA) is 77.2 Å². The van der Waals surface area contributed by atoms with Crippen LogP contribution in [0.15, 0.2) is 70.0 Å². The largest absolute Gasteiger partial charge is 0.486 e. The Morgan fingerprint density at radius 2 is 1.93 bits per heavy atom. The van der Waals surface area contributed by atoms with E-state index in [-0.39, 0.29) is 11.8 Å². The van der Waals surface area contributed by atoms with Gasteiger partial charge in [-0.15, -0.1) is 11.3 Å². The zero-order valence-corrected chi connectivity index (χ0v) is 17.5. The molecule has 0 aliphatic heterocycles. The van der Waals surface area contributed by atoms with Gasteiger partial charge in [-0.1, -0.05) is 26.0 Å². The summed E-state index contributed by atoms with van der Waals surface area (Å²) in [5, 5.41) is 4.83. The summed E-state index contributed by atoms with van der Waals surface area (Å²) in [7, 11) is 0. The maximum absolute atomic E-state index is 12.8. The summed E-state index contributed by atoms with van der Waals surface area (Å²) in [6, 6.07) is 14.6. The van der Waals surface area contributed by atoms with Crippen molar-refractivity contribution in [3.63, 3.8) is 0 Å². The Morgan fingerprint density at radius 1 is 1.13 bits per heavy atom. The zero-order chi connectivity index (χ0) is 20.9. The summed E-state index contributed by atoms with van der Waals surface area (Å²) >= 11 is 1.51. The monoisotopic (exact) mass is 419 g/mol. The van der Waals surface area contributed by atoms with Crippen molar-refractivity contribution in [2.24, 2.45) is 0 Å². The molecule has 2 aromatic heterocycles. The predicted octanol–water partition coefficient (Wildman–Crippen LogP) is 5.75. The summed E-state index contributed by atoms with van der Waals surface area (Å²) in [6.07, 6.45) is 1.75. The third-order valence-electron chi connectivity index (χ3n) is 4.47. The Bertz CT molecular complexity index is 1120. The first kappa shape index (κ1) is 19.8. The number of nitrogens with zero attached hydrogens (tertiary/aromatic N) is 2. The first-order chi connectivity index (χ1) is 14.6. The van der Waals surface area contributed by atoms with Crippen molar-refractivity contribution in [2.75, 3.05) is 5.32 Å². The predicted molar refractivity (Wildman–Crippen MR) is 117 cm³/mol. The number of carbonyl (C=O) groups is 1. The van der Waals surface area contributed by atoms with Gasteiger partial charge in [0.15, 0.2) is 0 Å². The molecule has 4 aromatic rings. The number of aromatic nitrogens is 2. The summed E-state index contributed by atoms with van der Waals surface area (Å²) < 4.78 is 11.6. The van der Waals surface area contributed by atoms with Crippen molar-refractivity contribution in [1.82, 2.24) is 9.97 Å². The summed E-state index contributed by atoms with van der Waals surface area (Å²) in [5.74, 6) is 1.96. The quantitative estimate of drug-likeness (QED) is 0.412. The molecule has 0 radical (unpaired) electrons. The fourth-order valence-corrected chi connectivity index (χ4v) is 3.37. The van der Waals surface area contributed by atoms with E-state index in [0.717, 1.165) is 17.0 Å². The fourth-order valence-electron chi connectivity index (χ4n) is 2.82. The highest BCUT2D eigenvalue weighted by Gasteiger charge is 2.14. The molecule has 0 saturated heterocycles. The molecule has 2 heterocycles. The highest BCUT2D eigenvalue weighted by atomic mass is 32.1. The van der Waals surface area contributed by atoms with Gasteiger partial charge in [0.25, 0.3) is 5.91 Å². The second-order valence-corrected chi connectivity index (χ2v) is 7.74. The number of ether oxygens (including phenoxy) is 1. The maximum Gasteiger partial charge on any atom is 0.259 e. The van der Waals surface area contributed by atoms with E-state index in [1.165, 1.54) is 11.3 Å². The third-order valence-corrected chi connectivity index (χ3v) is 5.11. The number of para-hydroxylation sites is 1. The number of anilines is 1. The summed E-state index contributed by atoms with van der Waals surface area (Å²) in [5.41, 5.74) is 4.58. The smallest absolute Gasteiger partial charge is 0.259 e. The van der Waals surface area contributed by atoms with Gasteiger partial charge in [-0.2, -0.15) is 0 Å². The summed E-state index contributed by atoms with van der Waals surface area (Å²) in [4.78, 5) is 21.3. The average Bonchev–Trinajstić information content (AvgIpc) is 3.45. The first-order valence-electron chi connectivity index (χ1n) is 9.56. The molecule has 0 atom stereocenters.